The van der Waals surface area contributed by atoms with Crippen LogP contribution in [0.3, 0.4) is 0 Å². The quantitative estimate of drug-likeness (QED) is 0.456. The number of hydrogen-bond acceptors (Lipinski definition) is 4. The summed E-state index contributed by atoms with van der Waals surface area (Å²) in [6, 6.07) is 13.0. The van der Waals surface area contributed by atoms with Gasteiger partial charge in [-0.1, -0.05) is 37.1 Å². The Hall–Kier alpha value is -3.13. The normalized spacial score (nSPS) is 14.5. The highest BCUT2D eigenvalue weighted by Gasteiger charge is 2.23. The van der Waals surface area contributed by atoms with E-state index in [0.717, 1.165) is 18.4 Å². The summed E-state index contributed by atoms with van der Waals surface area (Å²) in [5.41, 5.74) is 0.993. The van der Waals surface area contributed by atoms with E-state index in [9.17, 15) is 19.1 Å². The van der Waals surface area contributed by atoms with E-state index in [1.165, 1.54) is 18.9 Å². The van der Waals surface area contributed by atoms with E-state index in [4.69, 9.17) is 9.47 Å². The molecule has 0 saturated heterocycles. The van der Waals surface area contributed by atoms with Crippen molar-refractivity contribution in [2.45, 2.75) is 45.1 Å². The molecule has 1 atom stereocenters. The van der Waals surface area contributed by atoms with Gasteiger partial charge in [-0.3, -0.25) is 0 Å². The van der Waals surface area contributed by atoms with Gasteiger partial charge in [-0.05, 0) is 55.5 Å². The molecule has 2 amide bonds. The van der Waals surface area contributed by atoms with Crippen molar-refractivity contribution in [1.29, 1.82) is 0 Å². The highest BCUT2D eigenvalue weighted by atomic mass is 19.1. The number of hydrogen-bond donors (Lipinski definition) is 2. The van der Waals surface area contributed by atoms with Gasteiger partial charge in [-0.15, -0.1) is 0 Å². The van der Waals surface area contributed by atoms with Crippen molar-refractivity contribution in [3.8, 4) is 5.75 Å². The average molecular weight is 473 g/mol. The van der Waals surface area contributed by atoms with Crippen LogP contribution in [0.1, 0.15) is 38.2 Å². The Morgan fingerprint density at radius 2 is 1.85 bits per heavy atom. The molecule has 2 aromatic carbocycles. The van der Waals surface area contributed by atoms with Crippen LogP contribution in [-0.2, 0) is 16.0 Å². The first kappa shape index (κ1) is 25.5. The van der Waals surface area contributed by atoms with Crippen LogP contribution in [0.25, 0.3) is 0 Å². The highest BCUT2D eigenvalue weighted by Crippen LogP contribution is 2.26. The van der Waals surface area contributed by atoms with Gasteiger partial charge < -0.3 is 24.8 Å². The molecule has 184 valence electrons. The van der Waals surface area contributed by atoms with E-state index < -0.39 is 17.9 Å². The molecular weight excluding hydrogens is 439 g/mol. The minimum Gasteiger partial charge on any atom is -0.492 e. The number of anilines is 1. The van der Waals surface area contributed by atoms with E-state index in [-0.39, 0.29) is 24.7 Å². The molecule has 0 spiro atoms. The fraction of sp³-hybridized carbons (Fsp3) is 0.462. The van der Waals surface area contributed by atoms with E-state index in [0.29, 0.717) is 31.4 Å². The summed E-state index contributed by atoms with van der Waals surface area (Å²) in [7, 11) is 0. The number of para-hydroxylation sites is 1. The second-order valence-electron chi connectivity index (χ2n) is 8.49. The Bertz CT molecular complexity index is 931. The zero-order valence-electron chi connectivity index (χ0n) is 19.5. The molecule has 1 aliphatic carbocycles. The highest BCUT2D eigenvalue weighted by molar-refractivity contribution is 5.89. The van der Waals surface area contributed by atoms with Gasteiger partial charge in [0.15, 0.2) is 6.10 Å². The van der Waals surface area contributed by atoms with Crippen LogP contribution in [-0.4, -0.2) is 54.4 Å². The summed E-state index contributed by atoms with van der Waals surface area (Å²) in [4.78, 5) is 25.8. The van der Waals surface area contributed by atoms with Crippen LogP contribution in [0.4, 0.5) is 14.9 Å². The van der Waals surface area contributed by atoms with Crippen LogP contribution < -0.4 is 10.1 Å². The number of benzene rings is 2. The number of nitrogens with one attached hydrogen (secondary N) is 1. The van der Waals surface area contributed by atoms with Crippen LogP contribution in [0, 0.1) is 11.7 Å². The van der Waals surface area contributed by atoms with Gasteiger partial charge in [-0.2, -0.15) is 0 Å². The summed E-state index contributed by atoms with van der Waals surface area (Å²) >= 11 is 0. The summed E-state index contributed by atoms with van der Waals surface area (Å²) in [6.07, 6.45) is 3.91. The van der Waals surface area contributed by atoms with Gasteiger partial charge in [0.1, 0.15) is 18.2 Å². The van der Waals surface area contributed by atoms with Gasteiger partial charge in [0.25, 0.3) is 0 Å². The maximum atomic E-state index is 14.0. The number of carboxylic acids is 1. The third kappa shape index (κ3) is 7.73. The van der Waals surface area contributed by atoms with Gasteiger partial charge in [0.05, 0.1) is 12.2 Å². The second kappa shape index (κ2) is 12.9. The lowest BCUT2D eigenvalue weighted by Crippen LogP contribution is -2.40. The third-order valence-corrected chi connectivity index (χ3v) is 5.97. The first-order valence-electron chi connectivity index (χ1n) is 11.8. The van der Waals surface area contributed by atoms with Gasteiger partial charge >= 0.3 is 12.0 Å². The molecule has 1 unspecified atom stereocenters. The maximum Gasteiger partial charge on any atom is 0.333 e. The summed E-state index contributed by atoms with van der Waals surface area (Å²) in [5.74, 6) is -0.388. The first-order valence-corrected chi connectivity index (χ1v) is 11.8. The fourth-order valence-corrected chi connectivity index (χ4v) is 4.17. The van der Waals surface area contributed by atoms with Gasteiger partial charge in [0, 0.05) is 19.6 Å². The van der Waals surface area contributed by atoms with E-state index in [1.54, 1.807) is 42.2 Å². The Balaban J connectivity index is 1.55. The number of ether oxygens (including phenoxy) is 2. The molecule has 7 nitrogen and oxygen atoms in total. The lowest BCUT2D eigenvalue weighted by molar-refractivity contribution is -0.149. The van der Waals surface area contributed by atoms with Gasteiger partial charge in [0.2, 0.25) is 0 Å². The zero-order valence-corrected chi connectivity index (χ0v) is 19.5. The summed E-state index contributed by atoms with van der Waals surface area (Å²) in [6.45, 7) is 3.35. The molecule has 0 aromatic heterocycles. The molecule has 0 heterocycles. The van der Waals surface area contributed by atoms with Crippen LogP contribution in [0.2, 0.25) is 0 Å². The molecule has 1 saturated carbocycles. The number of amides is 2. The van der Waals surface area contributed by atoms with E-state index in [2.05, 4.69) is 5.32 Å². The van der Waals surface area contributed by atoms with Crippen molar-refractivity contribution in [3.63, 3.8) is 0 Å². The molecule has 1 fully saturated rings. The smallest absolute Gasteiger partial charge is 0.333 e. The van der Waals surface area contributed by atoms with Crippen LogP contribution in [0.5, 0.6) is 5.75 Å². The number of rotatable bonds is 12. The minimum atomic E-state index is -0.988. The third-order valence-electron chi connectivity index (χ3n) is 5.97. The fourth-order valence-electron chi connectivity index (χ4n) is 4.17. The Morgan fingerprint density at radius 3 is 2.50 bits per heavy atom. The molecule has 1 aliphatic rings. The monoisotopic (exact) mass is 472 g/mol. The van der Waals surface area contributed by atoms with Crippen molar-refractivity contribution in [1.82, 2.24) is 4.90 Å². The van der Waals surface area contributed by atoms with Crippen LogP contribution in [0.15, 0.2) is 48.5 Å². The first-order chi connectivity index (χ1) is 16.5. The van der Waals surface area contributed by atoms with Crippen molar-refractivity contribution in [2.75, 3.05) is 31.6 Å². The van der Waals surface area contributed by atoms with E-state index >= 15 is 0 Å². The number of nitrogens with zero attached hydrogens (tertiary/aromatic N) is 1. The molecule has 2 aromatic rings. The summed E-state index contributed by atoms with van der Waals surface area (Å²) in [5, 5.41) is 11.9. The molecule has 0 aliphatic heterocycles. The number of carbonyl (C=O) groups is 2. The average Bonchev–Trinajstić information content (AvgIpc) is 3.34. The lowest BCUT2D eigenvalue weighted by Gasteiger charge is -2.26. The number of aliphatic carboxylic acids is 1. The summed E-state index contributed by atoms with van der Waals surface area (Å²) < 4.78 is 25.1. The molecule has 2 N–H and O–H groups in total. The molecular formula is C26H33FN2O5. The number of halogens is 1. The molecule has 0 bridgehead atoms. The Labute approximate surface area is 199 Å². The number of carbonyl (C=O) groups excluding carboxylic acids is 1. The zero-order chi connectivity index (χ0) is 24.3. The van der Waals surface area contributed by atoms with Crippen molar-refractivity contribution in [2.24, 2.45) is 5.92 Å². The molecule has 3 rings (SSSR count). The predicted octanol–water partition coefficient (Wildman–Crippen LogP) is 4.96. The standard InChI is InChI=1S/C26H33FN2O5/c1-2-33-24(25(30)31)17-19-11-13-21(14-12-19)34-16-15-29(18-20-7-3-4-8-20)26(32)28-23-10-6-5-9-22(23)27/h5-6,9-14,20,24H,2-4,7-8,15-18H2,1H3,(H,28,32)(H,30,31). The van der Waals surface area contributed by atoms with Gasteiger partial charge in [-0.25, -0.2) is 14.0 Å². The largest absolute Gasteiger partial charge is 0.492 e. The van der Waals surface area contributed by atoms with E-state index in [1.807, 2.05) is 12.1 Å². The van der Waals surface area contributed by atoms with Crippen LogP contribution >= 0.6 is 0 Å². The molecule has 0 radical (unpaired) electrons. The van der Waals surface area contributed by atoms with Crippen molar-refractivity contribution >= 4 is 17.7 Å². The number of urea groups is 1. The topological polar surface area (TPSA) is 88.1 Å². The Kier molecular flexibility index (Phi) is 9.70. The van der Waals surface area contributed by atoms with Crippen molar-refractivity contribution in [3.05, 3.63) is 59.9 Å². The SMILES string of the molecule is CCOC(Cc1ccc(OCCN(CC2CCCC2)C(=O)Nc2ccccc2F)cc1)C(=O)O. The predicted molar refractivity (Wildman–Crippen MR) is 128 cm³/mol. The number of carboxylic acid groups (broad SMARTS) is 1. The Morgan fingerprint density at radius 1 is 1.15 bits per heavy atom. The van der Waals surface area contributed by atoms with Crippen molar-refractivity contribution < 1.29 is 28.6 Å². The lowest BCUT2D eigenvalue weighted by atomic mass is 10.1. The maximum absolute atomic E-state index is 14.0. The minimum absolute atomic E-state index is 0.159. The molecule has 34 heavy (non-hydrogen) atoms. The molecule has 8 heteroatoms. The second-order valence-corrected chi connectivity index (χ2v) is 8.49.